The molecule has 0 aromatic carbocycles. The highest BCUT2D eigenvalue weighted by Gasteiger charge is 2.07. The first kappa shape index (κ1) is 25.9. The van der Waals surface area contributed by atoms with Crippen molar-refractivity contribution in [3.8, 4) is 0 Å². The number of allylic oxidation sites excluding steroid dienone is 2. The molecule has 5 heteroatoms. The summed E-state index contributed by atoms with van der Waals surface area (Å²) in [5.74, 6) is -0.0139. The van der Waals surface area contributed by atoms with Gasteiger partial charge in [0.25, 0.3) is 0 Å². The fourth-order valence-electron chi connectivity index (χ4n) is 3.27. The van der Waals surface area contributed by atoms with Gasteiger partial charge in [0.2, 0.25) is 5.91 Å². The fourth-order valence-corrected chi connectivity index (χ4v) is 3.27. The van der Waals surface area contributed by atoms with Crippen LogP contribution in [0.15, 0.2) is 30.5 Å². The highest BCUT2D eigenvalue weighted by molar-refractivity contribution is 5.91. The highest BCUT2D eigenvalue weighted by atomic mass is 16.5. The van der Waals surface area contributed by atoms with Crippen LogP contribution in [-0.2, 0) is 9.53 Å². The molecule has 1 amide bonds. The maximum atomic E-state index is 12.0. The summed E-state index contributed by atoms with van der Waals surface area (Å²) in [5.41, 5.74) is 0.368. The zero-order valence-corrected chi connectivity index (χ0v) is 19.0. The maximum Gasteiger partial charge on any atom is 0.339 e. The zero-order chi connectivity index (χ0) is 21.9. The normalized spacial score (nSPS) is 11.0. The molecular formula is C25H40N2O3. The quantitative estimate of drug-likeness (QED) is 0.171. The number of carbonyl (C=O) groups excluding carboxylic acids is 2. The number of amides is 1. The van der Waals surface area contributed by atoms with Gasteiger partial charge in [-0.25, -0.2) is 9.78 Å². The van der Waals surface area contributed by atoms with E-state index in [2.05, 4.69) is 34.1 Å². The third kappa shape index (κ3) is 13.1. The van der Waals surface area contributed by atoms with Crippen LogP contribution >= 0.6 is 0 Å². The van der Waals surface area contributed by atoms with Crippen molar-refractivity contribution >= 4 is 17.7 Å². The van der Waals surface area contributed by atoms with E-state index >= 15 is 0 Å². The number of esters is 1. The predicted molar refractivity (Wildman–Crippen MR) is 124 cm³/mol. The van der Waals surface area contributed by atoms with Crippen molar-refractivity contribution in [3.63, 3.8) is 0 Å². The lowest BCUT2D eigenvalue weighted by atomic mass is 10.1. The molecule has 30 heavy (non-hydrogen) atoms. The van der Waals surface area contributed by atoms with E-state index in [9.17, 15) is 9.59 Å². The summed E-state index contributed by atoms with van der Waals surface area (Å²) in [4.78, 5) is 27.4. The first-order chi connectivity index (χ1) is 14.7. The zero-order valence-electron chi connectivity index (χ0n) is 19.0. The number of hydrogen-bond acceptors (Lipinski definition) is 4. The van der Waals surface area contributed by atoms with Crippen molar-refractivity contribution < 1.29 is 14.3 Å². The minimum absolute atomic E-state index is 0.0362. The lowest BCUT2D eigenvalue weighted by molar-refractivity contribution is -0.116. The number of nitrogens with one attached hydrogen (secondary N) is 1. The average Bonchev–Trinajstić information content (AvgIpc) is 2.76. The number of aromatic nitrogens is 1. The van der Waals surface area contributed by atoms with Crippen molar-refractivity contribution in [2.45, 2.75) is 96.8 Å². The Kier molecular flexibility index (Phi) is 15.2. The summed E-state index contributed by atoms with van der Waals surface area (Å²) < 4.78 is 4.62. The Labute approximate surface area is 182 Å². The van der Waals surface area contributed by atoms with Gasteiger partial charge in [0.15, 0.2) is 0 Å². The Balaban J connectivity index is 1.95. The summed E-state index contributed by atoms with van der Waals surface area (Å²) in [6.45, 7) is 2.26. The summed E-state index contributed by atoms with van der Waals surface area (Å²) in [6, 6.07) is 3.21. The third-order valence-corrected chi connectivity index (χ3v) is 5.12. The Morgan fingerprint density at radius 1 is 0.900 bits per heavy atom. The Morgan fingerprint density at radius 2 is 1.50 bits per heavy atom. The van der Waals surface area contributed by atoms with Crippen molar-refractivity contribution in [3.05, 3.63) is 36.0 Å². The molecule has 0 aliphatic rings. The van der Waals surface area contributed by atoms with Gasteiger partial charge >= 0.3 is 5.97 Å². The Bertz CT molecular complexity index is 611. The van der Waals surface area contributed by atoms with Crippen LogP contribution in [0.5, 0.6) is 0 Å². The first-order valence-electron chi connectivity index (χ1n) is 11.7. The fraction of sp³-hybridized carbons (Fsp3) is 0.640. The van der Waals surface area contributed by atoms with Crippen LogP contribution in [0.3, 0.4) is 0 Å². The molecule has 0 unspecified atom stereocenters. The van der Waals surface area contributed by atoms with Gasteiger partial charge in [0, 0.05) is 12.6 Å². The number of pyridine rings is 1. The van der Waals surface area contributed by atoms with Gasteiger partial charge in [-0.2, -0.15) is 0 Å². The monoisotopic (exact) mass is 416 g/mol. The van der Waals surface area contributed by atoms with Gasteiger partial charge in [-0.05, 0) is 44.2 Å². The number of ether oxygens (including phenoxy) is 1. The topological polar surface area (TPSA) is 68.3 Å². The van der Waals surface area contributed by atoms with Crippen molar-refractivity contribution in [1.82, 2.24) is 4.98 Å². The van der Waals surface area contributed by atoms with Crippen molar-refractivity contribution in [2.24, 2.45) is 0 Å². The van der Waals surface area contributed by atoms with Crippen molar-refractivity contribution in [2.75, 3.05) is 12.4 Å². The van der Waals surface area contributed by atoms with E-state index < -0.39 is 5.97 Å². The Morgan fingerprint density at radius 3 is 2.07 bits per heavy atom. The van der Waals surface area contributed by atoms with E-state index in [-0.39, 0.29) is 5.91 Å². The molecule has 0 fully saturated rings. The number of anilines is 1. The maximum absolute atomic E-state index is 12.0. The van der Waals surface area contributed by atoms with Crippen LogP contribution in [-0.4, -0.2) is 24.0 Å². The van der Waals surface area contributed by atoms with Gasteiger partial charge in [0.05, 0.1) is 12.7 Å². The van der Waals surface area contributed by atoms with Gasteiger partial charge in [-0.1, -0.05) is 70.4 Å². The average molecular weight is 417 g/mol. The van der Waals surface area contributed by atoms with Gasteiger partial charge in [0.1, 0.15) is 5.82 Å². The van der Waals surface area contributed by atoms with Crippen LogP contribution in [0, 0.1) is 0 Å². The summed E-state index contributed by atoms with van der Waals surface area (Å²) in [6.07, 6.45) is 22.7. The van der Waals surface area contributed by atoms with E-state index in [4.69, 9.17) is 0 Å². The number of hydrogen-bond donors (Lipinski definition) is 1. The number of methoxy groups -OCH3 is 1. The molecule has 0 saturated heterocycles. The first-order valence-corrected chi connectivity index (χ1v) is 11.7. The second kappa shape index (κ2) is 17.7. The SMILES string of the molecule is CCCCCCCCC=CCCCCCCCC(=O)Nc1ccc(C(=O)OC)cn1. The number of carbonyl (C=O) groups is 2. The lowest BCUT2D eigenvalue weighted by Gasteiger charge is -2.05. The number of unbranched alkanes of at least 4 members (excludes halogenated alkanes) is 11. The van der Waals surface area contributed by atoms with E-state index in [1.807, 2.05) is 0 Å². The molecule has 1 aromatic rings. The van der Waals surface area contributed by atoms with Crippen LogP contribution in [0.1, 0.15) is 107 Å². The second-order valence-electron chi connectivity index (χ2n) is 7.81. The molecule has 0 aliphatic carbocycles. The molecule has 1 aromatic heterocycles. The van der Waals surface area contributed by atoms with E-state index in [0.717, 1.165) is 12.8 Å². The molecule has 1 heterocycles. The van der Waals surface area contributed by atoms with Crippen LogP contribution in [0.4, 0.5) is 5.82 Å². The molecule has 1 rings (SSSR count). The summed E-state index contributed by atoms with van der Waals surface area (Å²) in [5, 5.41) is 2.76. The van der Waals surface area contributed by atoms with E-state index in [0.29, 0.717) is 17.8 Å². The van der Waals surface area contributed by atoms with Crippen molar-refractivity contribution in [1.29, 1.82) is 0 Å². The second-order valence-corrected chi connectivity index (χ2v) is 7.81. The smallest absolute Gasteiger partial charge is 0.339 e. The lowest BCUT2D eigenvalue weighted by Crippen LogP contribution is -2.12. The molecule has 0 spiro atoms. The molecule has 0 bridgehead atoms. The summed E-state index contributed by atoms with van der Waals surface area (Å²) in [7, 11) is 1.33. The molecular weight excluding hydrogens is 376 g/mol. The van der Waals surface area contributed by atoms with Gasteiger partial charge in [-0.15, -0.1) is 0 Å². The highest BCUT2D eigenvalue weighted by Crippen LogP contribution is 2.11. The minimum Gasteiger partial charge on any atom is -0.465 e. The molecule has 0 saturated carbocycles. The number of rotatable bonds is 17. The largest absolute Gasteiger partial charge is 0.465 e. The Hall–Kier alpha value is -2.17. The van der Waals surface area contributed by atoms with Crippen LogP contribution < -0.4 is 5.32 Å². The molecule has 1 N–H and O–H groups in total. The molecule has 0 atom stereocenters. The van der Waals surface area contributed by atoms with Gasteiger partial charge in [-0.3, -0.25) is 4.79 Å². The predicted octanol–water partition coefficient (Wildman–Crippen LogP) is 6.84. The minimum atomic E-state index is -0.436. The molecule has 0 radical (unpaired) electrons. The summed E-state index contributed by atoms with van der Waals surface area (Å²) >= 11 is 0. The molecule has 0 aliphatic heterocycles. The van der Waals surface area contributed by atoms with Crippen LogP contribution in [0.2, 0.25) is 0 Å². The number of nitrogens with zero attached hydrogens (tertiary/aromatic N) is 1. The van der Waals surface area contributed by atoms with E-state index in [1.54, 1.807) is 12.1 Å². The molecule has 5 nitrogen and oxygen atoms in total. The van der Waals surface area contributed by atoms with E-state index in [1.165, 1.54) is 83.9 Å². The van der Waals surface area contributed by atoms with Gasteiger partial charge < -0.3 is 10.1 Å². The third-order valence-electron chi connectivity index (χ3n) is 5.12. The van der Waals surface area contributed by atoms with Crippen LogP contribution in [0.25, 0.3) is 0 Å². The molecule has 168 valence electrons. The standard InChI is InChI=1S/C25H40N2O3/c1-3-4-5-6-7-8-9-10-11-12-13-14-15-16-17-18-24(28)27-23-20-19-22(21-26-23)25(29)30-2/h10-11,19-21H,3-9,12-18H2,1-2H3,(H,26,27,28).